The molecule has 1 aliphatic heterocycles. The van der Waals surface area contributed by atoms with Gasteiger partial charge >= 0.3 is 0 Å². The zero-order valence-corrected chi connectivity index (χ0v) is 14.9. The average molecular weight is 358 g/mol. The molecule has 1 aromatic carbocycles. The summed E-state index contributed by atoms with van der Waals surface area (Å²) < 4.78 is 5.37. The van der Waals surface area contributed by atoms with Gasteiger partial charge in [0.15, 0.2) is 5.76 Å². The number of likely N-dealkylation sites (tertiary alicyclic amines) is 1. The van der Waals surface area contributed by atoms with Crippen LogP contribution in [0.15, 0.2) is 52.0 Å². The van der Waals surface area contributed by atoms with Gasteiger partial charge in [0, 0.05) is 42.3 Å². The normalized spacial score (nSPS) is 14.1. The van der Waals surface area contributed by atoms with Crippen molar-refractivity contribution in [2.75, 3.05) is 19.6 Å². The molecule has 0 saturated carbocycles. The first-order chi connectivity index (χ1) is 12.2. The molecule has 25 heavy (non-hydrogen) atoms. The van der Waals surface area contributed by atoms with Crippen molar-refractivity contribution in [3.05, 3.63) is 54.0 Å². The maximum Gasteiger partial charge on any atom is 0.287 e. The van der Waals surface area contributed by atoms with Crippen LogP contribution in [0.5, 0.6) is 0 Å². The van der Waals surface area contributed by atoms with E-state index in [2.05, 4.69) is 5.32 Å². The van der Waals surface area contributed by atoms with Crippen LogP contribution < -0.4 is 5.32 Å². The lowest BCUT2D eigenvalue weighted by Crippen LogP contribution is -2.30. The third-order valence-corrected chi connectivity index (χ3v) is 5.21. The molecular formula is C19H22N2O3S. The average Bonchev–Trinajstić information content (AvgIpc) is 3.26. The highest BCUT2D eigenvalue weighted by Gasteiger charge is 2.19. The van der Waals surface area contributed by atoms with Crippen molar-refractivity contribution in [1.29, 1.82) is 0 Å². The zero-order chi connectivity index (χ0) is 17.5. The number of furan rings is 1. The minimum atomic E-state index is -0.193. The van der Waals surface area contributed by atoms with Gasteiger partial charge in [-0.15, -0.1) is 11.8 Å². The molecule has 0 radical (unpaired) electrons. The van der Waals surface area contributed by atoms with Gasteiger partial charge in [0.25, 0.3) is 5.91 Å². The number of carbonyl (C=O) groups is 2. The predicted octanol–water partition coefficient (Wildman–Crippen LogP) is 3.31. The summed E-state index contributed by atoms with van der Waals surface area (Å²) in [6.45, 7) is 2.08. The first kappa shape index (κ1) is 17.6. The first-order valence-corrected chi connectivity index (χ1v) is 9.53. The highest BCUT2D eigenvalue weighted by Crippen LogP contribution is 2.24. The summed E-state index contributed by atoms with van der Waals surface area (Å²) >= 11 is 1.67. The smallest absolute Gasteiger partial charge is 0.287 e. The van der Waals surface area contributed by atoms with Crippen LogP contribution in [-0.2, 0) is 10.5 Å². The molecule has 1 N–H and O–H groups in total. The lowest BCUT2D eigenvalue weighted by atomic mass is 10.2. The van der Waals surface area contributed by atoms with E-state index >= 15 is 0 Å². The number of carbonyl (C=O) groups excluding carboxylic acids is 2. The Morgan fingerprint density at radius 1 is 1.24 bits per heavy atom. The van der Waals surface area contributed by atoms with Gasteiger partial charge in [0.2, 0.25) is 5.91 Å². The summed E-state index contributed by atoms with van der Waals surface area (Å²) in [5, 5.41) is 2.88. The number of benzene rings is 1. The highest BCUT2D eigenvalue weighted by molar-refractivity contribution is 7.98. The summed E-state index contributed by atoms with van der Waals surface area (Å²) in [5.74, 6) is 1.09. The molecule has 1 saturated heterocycles. The SMILES string of the molecule is O=C(NCCCN1CCCC1=O)c1occc1CSc1ccccc1. The molecule has 132 valence electrons. The van der Waals surface area contributed by atoms with E-state index in [1.54, 1.807) is 18.0 Å². The monoisotopic (exact) mass is 358 g/mol. The van der Waals surface area contributed by atoms with Crippen molar-refractivity contribution in [1.82, 2.24) is 10.2 Å². The molecule has 0 unspecified atom stereocenters. The molecule has 0 atom stereocenters. The van der Waals surface area contributed by atoms with Gasteiger partial charge in [0.05, 0.1) is 6.26 Å². The number of nitrogens with zero attached hydrogens (tertiary/aromatic N) is 1. The van der Waals surface area contributed by atoms with E-state index in [1.807, 2.05) is 41.3 Å². The second-order valence-electron chi connectivity index (χ2n) is 5.97. The molecule has 1 fully saturated rings. The molecule has 2 heterocycles. The molecule has 2 amide bonds. The number of thioether (sulfide) groups is 1. The van der Waals surface area contributed by atoms with Crippen molar-refractivity contribution in [3.8, 4) is 0 Å². The molecule has 5 nitrogen and oxygen atoms in total. The summed E-state index contributed by atoms with van der Waals surface area (Å²) in [4.78, 5) is 26.9. The molecule has 1 aromatic heterocycles. The Kier molecular flexibility index (Phi) is 6.17. The fraction of sp³-hybridized carbons (Fsp3) is 0.368. The van der Waals surface area contributed by atoms with Crippen LogP contribution in [0, 0.1) is 0 Å². The van der Waals surface area contributed by atoms with E-state index in [9.17, 15) is 9.59 Å². The second-order valence-corrected chi connectivity index (χ2v) is 7.02. The third kappa shape index (κ3) is 4.89. The van der Waals surface area contributed by atoms with Crippen molar-refractivity contribution in [2.45, 2.75) is 29.9 Å². The van der Waals surface area contributed by atoms with Crippen LogP contribution in [-0.4, -0.2) is 36.3 Å². The maximum atomic E-state index is 12.3. The first-order valence-electron chi connectivity index (χ1n) is 8.54. The third-order valence-electron chi connectivity index (χ3n) is 4.15. The molecule has 2 aromatic rings. The summed E-state index contributed by atoms with van der Waals surface area (Å²) in [6.07, 6.45) is 3.91. The van der Waals surface area contributed by atoms with E-state index in [1.165, 1.54) is 0 Å². The molecule has 0 bridgehead atoms. The number of amides is 2. The van der Waals surface area contributed by atoms with Crippen LogP contribution in [0.1, 0.15) is 35.4 Å². The fourth-order valence-electron chi connectivity index (χ4n) is 2.82. The maximum absolute atomic E-state index is 12.3. The highest BCUT2D eigenvalue weighted by atomic mass is 32.2. The number of rotatable bonds is 8. The summed E-state index contributed by atoms with van der Waals surface area (Å²) in [6, 6.07) is 11.9. The van der Waals surface area contributed by atoms with Gasteiger partial charge in [-0.3, -0.25) is 9.59 Å². The van der Waals surface area contributed by atoms with Gasteiger partial charge in [-0.1, -0.05) is 18.2 Å². The number of nitrogens with one attached hydrogen (secondary N) is 1. The largest absolute Gasteiger partial charge is 0.459 e. The Morgan fingerprint density at radius 2 is 2.08 bits per heavy atom. The van der Waals surface area contributed by atoms with E-state index in [0.29, 0.717) is 31.0 Å². The molecule has 1 aliphatic rings. The van der Waals surface area contributed by atoms with Crippen molar-refractivity contribution >= 4 is 23.6 Å². The molecule has 3 rings (SSSR count). The Balaban J connectivity index is 1.44. The Bertz CT molecular complexity index is 714. The Morgan fingerprint density at radius 3 is 2.84 bits per heavy atom. The fourth-order valence-corrected chi connectivity index (χ4v) is 3.72. The van der Waals surface area contributed by atoms with Crippen molar-refractivity contribution < 1.29 is 14.0 Å². The topological polar surface area (TPSA) is 62.6 Å². The van der Waals surface area contributed by atoms with Gasteiger partial charge < -0.3 is 14.6 Å². The van der Waals surface area contributed by atoms with Gasteiger partial charge in [-0.05, 0) is 31.0 Å². The van der Waals surface area contributed by atoms with Crippen LogP contribution in [0.3, 0.4) is 0 Å². The minimum Gasteiger partial charge on any atom is -0.459 e. The predicted molar refractivity (Wildman–Crippen MR) is 97.5 cm³/mol. The Labute approximate surface area is 151 Å². The molecule has 6 heteroatoms. The number of hydrogen-bond acceptors (Lipinski definition) is 4. The second kappa shape index (κ2) is 8.76. The van der Waals surface area contributed by atoms with Gasteiger partial charge in [0.1, 0.15) is 0 Å². The lowest BCUT2D eigenvalue weighted by Gasteiger charge is -2.15. The molecular weight excluding hydrogens is 336 g/mol. The molecule has 0 aliphatic carbocycles. The van der Waals surface area contributed by atoms with Crippen molar-refractivity contribution in [2.24, 2.45) is 0 Å². The van der Waals surface area contributed by atoms with E-state index in [4.69, 9.17) is 4.42 Å². The molecule has 0 spiro atoms. The van der Waals surface area contributed by atoms with Crippen molar-refractivity contribution in [3.63, 3.8) is 0 Å². The van der Waals surface area contributed by atoms with Crippen LogP contribution in [0.25, 0.3) is 0 Å². The number of hydrogen-bond donors (Lipinski definition) is 1. The Hall–Kier alpha value is -2.21. The quantitative estimate of drug-likeness (QED) is 0.581. The standard InChI is InChI=1S/C19H22N2O3S/c22-17-8-4-11-21(17)12-5-10-20-19(23)18-15(9-13-24-18)14-25-16-6-2-1-3-7-16/h1-3,6-7,9,13H,4-5,8,10-12,14H2,(H,20,23). The van der Waals surface area contributed by atoms with Crippen LogP contribution in [0.4, 0.5) is 0 Å². The van der Waals surface area contributed by atoms with Gasteiger partial charge in [-0.25, -0.2) is 0 Å². The van der Waals surface area contributed by atoms with Crippen LogP contribution >= 0.6 is 11.8 Å². The summed E-state index contributed by atoms with van der Waals surface area (Å²) in [5.41, 5.74) is 0.890. The van der Waals surface area contributed by atoms with Crippen LogP contribution in [0.2, 0.25) is 0 Å². The van der Waals surface area contributed by atoms with E-state index < -0.39 is 0 Å². The van der Waals surface area contributed by atoms with E-state index in [-0.39, 0.29) is 11.8 Å². The minimum absolute atomic E-state index is 0.193. The van der Waals surface area contributed by atoms with Gasteiger partial charge in [-0.2, -0.15) is 0 Å². The zero-order valence-electron chi connectivity index (χ0n) is 14.1. The van der Waals surface area contributed by atoms with E-state index in [0.717, 1.165) is 29.8 Å². The summed E-state index contributed by atoms with van der Waals surface area (Å²) in [7, 11) is 0. The lowest BCUT2D eigenvalue weighted by molar-refractivity contribution is -0.127.